The number of nitrogens with one attached hydrogen (secondary N) is 1. The van der Waals surface area contributed by atoms with Gasteiger partial charge in [0.2, 0.25) is 15.9 Å². The number of furan rings is 1. The molecule has 0 radical (unpaired) electrons. The third-order valence-electron chi connectivity index (χ3n) is 5.87. The molecule has 1 fully saturated rings. The molecule has 0 bridgehead atoms. The largest absolute Gasteiger partial charge is 0.490 e. The van der Waals surface area contributed by atoms with Crippen molar-refractivity contribution >= 4 is 21.8 Å². The minimum Gasteiger partial charge on any atom is -0.490 e. The highest BCUT2D eigenvalue weighted by molar-refractivity contribution is 7.89. The van der Waals surface area contributed by atoms with E-state index in [0.29, 0.717) is 24.7 Å². The fourth-order valence-corrected chi connectivity index (χ4v) is 5.37. The van der Waals surface area contributed by atoms with Crippen LogP contribution in [-0.4, -0.2) is 74.9 Å². The molecule has 2 amide bonds. The predicted octanol–water partition coefficient (Wildman–Crippen LogP) is 1.73. The molecule has 11 heteroatoms. The van der Waals surface area contributed by atoms with Gasteiger partial charge in [-0.2, -0.15) is 4.31 Å². The summed E-state index contributed by atoms with van der Waals surface area (Å²) in [7, 11) is -3.76. The zero-order chi connectivity index (χ0) is 24.3. The van der Waals surface area contributed by atoms with Crippen LogP contribution >= 0.6 is 0 Å². The predicted molar refractivity (Wildman–Crippen MR) is 122 cm³/mol. The molecule has 0 saturated carbocycles. The van der Waals surface area contributed by atoms with E-state index < -0.39 is 22.0 Å². The Bertz CT molecular complexity index is 1120. The number of rotatable bonds is 6. The van der Waals surface area contributed by atoms with E-state index in [4.69, 9.17) is 13.9 Å². The second-order valence-corrected chi connectivity index (χ2v) is 10.5. The zero-order valence-electron chi connectivity index (χ0n) is 19.2. The minimum atomic E-state index is -3.76. The first-order valence-electron chi connectivity index (χ1n) is 11.3. The van der Waals surface area contributed by atoms with Crippen molar-refractivity contribution in [2.24, 2.45) is 5.92 Å². The number of carbonyl (C=O) groups excluding carboxylic acids is 2. The Labute approximate surface area is 198 Å². The van der Waals surface area contributed by atoms with Gasteiger partial charge in [-0.3, -0.25) is 9.59 Å². The first-order chi connectivity index (χ1) is 16.3. The molecular weight excluding hydrogens is 462 g/mol. The highest BCUT2D eigenvalue weighted by Gasteiger charge is 2.35. The molecule has 34 heavy (non-hydrogen) atoms. The second-order valence-electron chi connectivity index (χ2n) is 8.56. The van der Waals surface area contributed by atoms with Gasteiger partial charge in [0.1, 0.15) is 6.04 Å². The first-order valence-corrected chi connectivity index (χ1v) is 12.7. The highest BCUT2D eigenvalue weighted by Crippen LogP contribution is 2.33. The molecule has 1 aromatic carbocycles. The fraction of sp³-hybridized carbons (Fsp3) is 0.478. The number of benzene rings is 1. The summed E-state index contributed by atoms with van der Waals surface area (Å²) in [6, 6.07) is 7.00. The van der Waals surface area contributed by atoms with Gasteiger partial charge >= 0.3 is 0 Å². The topological polar surface area (TPSA) is 118 Å². The average molecular weight is 492 g/mol. The Kier molecular flexibility index (Phi) is 7.13. The van der Waals surface area contributed by atoms with Gasteiger partial charge in [-0.15, -0.1) is 0 Å². The van der Waals surface area contributed by atoms with Crippen molar-refractivity contribution in [1.82, 2.24) is 14.5 Å². The van der Waals surface area contributed by atoms with Gasteiger partial charge in [0.15, 0.2) is 17.3 Å². The standard InChI is InChI=1S/C23H29N3O7S/c1-16(2)21(24-22(27)19-5-3-12-32-19)23(28)25-8-10-26(11-9-25)34(29,30)17-6-7-18-20(15-17)33-14-4-13-31-18/h3,5-7,12,15-16,21H,4,8-11,13-14H2,1-2H3,(H,24,27)/t21-/m0/s1. The molecule has 2 aliphatic heterocycles. The van der Waals surface area contributed by atoms with E-state index >= 15 is 0 Å². The van der Waals surface area contributed by atoms with Crippen LogP contribution in [0, 0.1) is 5.92 Å². The molecule has 2 aromatic rings. The highest BCUT2D eigenvalue weighted by atomic mass is 32.2. The maximum Gasteiger partial charge on any atom is 0.287 e. The van der Waals surface area contributed by atoms with E-state index in [2.05, 4.69) is 5.32 Å². The lowest BCUT2D eigenvalue weighted by Gasteiger charge is -2.36. The quantitative estimate of drug-likeness (QED) is 0.654. The van der Waals surface area contributed by atoms with Crippen LogP contribution in [0.1, 0.15) is 30.8 Å². The lowest BCUT2D eigenvalue weighted by molar-refractivity contribution is -0.135. The van der Waals surface area contributed by atoms with Crippen molar-refractivity contribution in [2.75, 3.05) is 39.4 Å². The van der Waals surface area contributed by atoms with Crippen molar-refractivity contribution in [3.8, 4) is 11.5 Å². The van der Waals surface area contributed by atoms with Gasteiger partial charge < -0.3 is 24.1 Å². The molecule has 0 spiro atoms. The number of hydrogen-bond acceptors (Lipinski definition) is 7. The van der Waals surface area contributed by atoms with E-state index in [9.17, 15) is 18.0 Å². The number of fused-ring (bicyclic) bond motifs is 1. The summed E-state index contributed by atoms with van der Waals surface area (Å²) in [5.74, 6) is 0.206. The summed E-state index contributed by atoms with van der Waals surface area (Å²) in [6.07, 6.45) is 2.12. The number of amides is 2. The van der Waals surface area contributed by atoms with Crippen LogP contribution in [0.5, 0.6) is 11.5 Å². The monoisotopic (exact) mass is 491 g/mol. The lowest BCUT2D eigenvalue weighted by atomic mass is 10.0. The van der Waals surface area contributed by atoms with Crippen LogP contribution in [-0.2, 0) is 14.8 Å². The summed E-state index contributed by atoms with van der Waals surface area (Å²) in [5, 5.41) is 2.74. The van der Waals surface area contributed by atoms with Gasteiger partial charge in [0, 0.05) is 38.7 Å². The number of sulfonamides is 1. The Hall–Kier alpha value is -3.05. The van der Waals surface area contributed by atoms with E-state index in [1.807, 2.05) is 13.8 Å². The second kappa shape index (κ2) is 10.1. The maximum absolute atomic E-state index is 13.2. The third kappa shape index (κ3) is 5.05. The molecule has 1 N–H and O–H groups in total. The van der Waals surface area contributed by atoms with Crippen LogP contribution < -0.4 is 14.8 Å². The van der Waals surface area contributed by atoms with Crippen LogP contribution in [0.4, 0.5) is 0 Å². The van der Waals surface area contributed by atoms with Crippen molar-refractivity contribution in [3.05, 3.63) is 42.4 Å². The number of hydrogen-bond donors (Lipinski definition) is 1. The molecule has 184 valence electrons. The van der Waals surface area contributed by atoms with Gasteiger partial charge in [-0.1, -0.05) is 13.8 Å². The molecule has 2 aliphatic rings. The molecule has 1 aromatic heterocycles. The minimum absolute atomic E-state index is 0.127. The van der Waals surface area contributed by atoms with Crippen LogP contribution in [0.3, 0.4) is 0 Å². The third-order valence-corrected chi connectivity index (χ3v) is 7.77. The molecule has 0 unspecified atom stereocenters. The Morgan fingerprint density at radius 1 is 1.00 bits per heavy atom. The molecule has 4 rings (SSSR count). The fourth-order valence-electron chi connectivity index (χ4n) is 3.93. The number of nitrogens with zero attached hydrogens (tertiary/aromatic N) is 2. The molecular formula is C23H29N3O7S. The van der Waals surface area contributed by atoms with Gasteiger partial charge in [0.05, 0.1) is 24.4 Å². The number of carbonyl (C=O) groups is 2. The van der Waals surface area contributed by atoms with E-state index in [1.54, 1.807) is 17.0 Å². The SMILES string of the molecule is CC(C)[C@H](NC(=O)c1ccco1)C(=O)N1CCN(S(=O)(=O)c2ccc3c(c2)OCCCO3)CC1. The van der Waals surface area contributed by atoms with Crippen molar-refractivity contribution in [2.45, 2.75) is 31.2 Å². The smallest absolute Gasteiger partial charge is 0.287 e. The molecule has 1 atom stereocenters. The van der Waals surface area contributed by atoms with E-state index in [-0.39, 0.29) is 48.7 Å². The van der Waals surface area contributed by atoms with Crippen LogP contribution in [0.15, 0.2) is 45.9 Å². The van der Waals surface area contributed by atoms with Crippen molar-refractivity contribution in [3.63, 3.8) is 0 Å². The maximum atomic E-state index is 13.2. The summed E-state index contributed by atoms with van der Waals surface area (Å²) in [6.45, 7) is 5.43. The summed E-state index contributed by atoms with van der Waals surface area (Å²) in [4.78, 5) is 27.3. The van der Waals surface area contributed by atoms with E-state index in [0.717, 1.165) is 6.42 Å². The summed E-state index contributed by atoms with van der Waals surface area (Å²) < 4.78 is 44.1. The van der Waals surface area contributed by atoms with Crippen molar-refractivity contribution in [1.29, 1.82) is 0 Å². The average Bonchev–Trinajstić information content (AvgIpc) is 3.27. The van der Waals surface area contributed by atoms with Gasteiger partial charge in [-0.05, 0) is 30.2 Å². The zero-order valence-corrected chi connectivity index (χ0v) is 20.0. The number of ether oxygens (including phenoxy) is 2. The van der Waals surface area contributed by atoms with E-state index in [1.165, 1.54) is 28.8 Å². The first kappa shape index (κ1) is 24.1. The van der Waals surface area contributed by atoms with Crippen LogP contribution in [0.2, 0.25) is 0 Å². The Balaban J connectivity index is 1.41. The number of piperazine rings is 1. The summed E-state index contributed by atoms with van der Waals surface area (Å²) >= 11 is 0. The van der Waals surface area contributed by atoms with Gasteiger partial charge in [-0.25, -0.2) is 8.42 Å². The summed E-state index contributed by atoms with van der Waals surface area (Å²) in [5.41, 5.74) is 0. The lowest BCUT2D eigenvalue weighted by Crippen LogP contribution is -2.57. The van der Waals surface area contributed by atoms with Crippen LogP contribution in [0.25, 0.3) is 0 Å². The van der Waals surface area contributed by atoms with Crippen molar-refractivity contribution < 1.29 is 31.9 Å². The molecule has 0 aliphatic carbocycles. The molecule has 10 nitrogen and oxygen atoms in total. The molecule has 3 heterocycles. The normalized spacial score (nSPS) is 17.8. The Morgan fingerprint density at radius 3 is 2.35 bits per heavy atom. The Morgan fingerprint density at radius 2 is 1.71 bits per heavy atom. The molecule has 1 saturated heterocycles. The van der Waals surface area contributed by atoms with Gasteiger partial charge in [0.25, 0.3) is 5.91 Å².